The standard InChI is InChI=1S/C22H29N5O.CH4O/c1-14-12-19(23-3)27-22(25-14)26-18-13-17-7-5-11-28-21(17)20(15(18)2)16-6-4-9-24-10-8-16;1-2/h8,12-13,24H,4-7,9-11H2,1-3H3,(H2,23,25,26,27);2H,1H3. The summed E-state index contributed by atoms with van der Waals surface area (Å²) in [7, 11) is 2.87. The first-order valence-electron chi connectivity index (χ1n) is 10.6. The third-order valence-corrected chi connectivity index (χ3v) is 5.42. The van der Waals surface area contributed by atoms with Gasteiger partial charge in [0, 0.05) is 43.7 Å². The molecule has 0 fully saturated rings. The Hall–Kier alpha value is -2.64. The number of hydrogen-bond acceptors (Lipinski definition) is 7. The van der Waals surface area contributed by atoms with Gasteiger partial charge in [-0.2, -0.15) is 4.98 Å². The number of rotatable bonds is 4. The molecule has 2 aromatic rings. The highest BCUT2D eigenvalue weighted by Crippen LogP contribution is 2.42. The molecular formula is C23H33N5O2. The van der Waals surface area contributed by atoms with E-state index in [1.807, 2.05) is 20.0 Å². The number of aliphatic hydroxyl groups is 1. The molecule has 0 aliphatic carbocycles. The largest absolute Gasteiger partial charge is 0.493 e. The van der Waals surface area contributed by atoms with Crippen LogP contribution in [0.2, 0.25) is 0 Å². The van der Waals surface area contributed by atoms with Crippen LogP contribution in [0.3, 0.4) is 0 Å². The minimum absolute atomic E-state index is 0.617. The summed E-state index contributed by atoms with van der Waals surface area (Å²) < 4.78 is 6.16. The van der Waals surface area contributed by atoms with Gasteiger partial charge in [-0.15, -0.1) is 0 Å². The monoisotopic (exact) mass is 411 g/mol. The van der Waals surface area contributed by atoms with Crippen LogP contribution in [0.25, 0.3) is 5.57 Å². The Balaban J connectivity index is 0.00000124. The molecule has 162 valence electrons. The van der Waals surface area contributed by atoms with Crippen molar-refractivity contribution < 1.29 is 9.84 Å². The predicted molar refractivity (Wildman–Crippen MR) is 123 cm³/mol. The Morgan fingerprint density at radius 2 is 1.93 bits per heavy atom. The van der Waals surface area contributed by atoms with Gasteiger partial charge in [-0.05, 0) is 68.8 Å². The molecule has 0 spiro atoms. The van der Waals surface area contributed by atoms with Crippen LogP contribution >= 0.6 is 0 Å². The number of ether oxygens (including phenoxy) is 1. The summed E-state index contributed by atoms with van der Waals surface area (Å²) in [4.78, 5) is 9.14. The second-order valence-electron chi connectivity index (χ2n) is 7.49. The van der Waals surface area contributed by atoms with Crippen LogP contribution in [-0.4, -0.2) is 48.9 Å². The fourth-order valence-corrected chi connectivity index (χ4v) is 4.02. The maximum atomic E-state index is 7.00. The molecule has 4 rings (SSSR count). The third kappa shape index (κ3) is 4.91. The van der Waals surface area contributed by atoms with Gasteiger partial charge in [0.15, 0.2) is 0 Å². The first-order valence-corrected chi connectivity index (χ1v) is 10.6. The van der Waals surface area contributed by atoms with Gasteiger partial charge in [-0.3, -0.25) is 0 Å². The number of benzene rings is 1. The minimum atomic E-state index is 0.617. The Morgan fingerprint density at radius 1 is 1.10 bits per heavy atom. The van der Waals surface area contributed by atoms with Crippen molar-refractivity contribution in [3.63, 3.8) is 0 Å². The van der Waals surface area contributed by atoms with E-state index in [4.69, 9.17) is 9.84 Å². The highest BCUT2D eigenvalue weighted by atomic mass is 16.5. The van der Waals surface area contributed by atoms with Gasteiger partial charge in [0.2, 0.25) is 5.95 Å². The van der Waals surface area contributed by atoms with E-state index >= 15 is 0 Å². The number of fused-ring (bicyclic) bond motifs is 1. The second kappa shape index (κ2) is 10.4. The Kier molecular flexibility index (Phi) is 7.65. The lowest BCUT2D eigenvalue weighted by atomic mass is 9.90. The zero-order chi connectivity index (χ0) is 21.5. The average molecular weight is 412 g/mol. The fraction of sp³-hybridized carbons (Fsp3) is 0.478. The Labute approximate surface area is 179 Å². The molecule has 1 aromatic heterocycles. The molecule has 0 saturated carbocycles. The van der Waals surface area contributed by atoms with Crippen molar-refractivity contribution in [1.29, 1.82) is 0 Å². The Morgan fingerprint density at radius 3 is 2.73 bits per heavy atom. The molecule has 0 atom stereocenters. The number of aliphatic hydroxyl groups excluding tert-OH is 1. The molecule has 0 saturated heterocycles. The Bertz CT molecular complexity index is 911. The van der Waals surface area contributed by atoms with Crippen molar-refractivity contribution in [2.45, 2.75) is 39.5 Å². The van der Waals surface area contributed by atoms with Crippen molar-refractivity contribution in [2.75, 3.05) is 44.5 Å². The summed E-state index contributed by atoms with van der Waals surface area (Å²) in [5, 5.41) is 17.0. The highest BCUT2D eigenvalue weighted by Gasteiger charge is 2.23. The van der Waals surface area contributed by atoms with Gasteiger partial charge in [0.1, 0.15) is 11.6 Å². The van der Waals surface area contributed by atoms with E-state index in [0.717, 1.165) is 75.4 Å². The normalized spacial score (nSPS) is 15.6. The van der Waals surface area contributed by atoms with E-state index in [1.165, 1.54) is 22.3 Å². The smallest absolute Gasteiger partial charge is 0.229 e. The van der Waals surface area contributed by atoms with Gasteiger partial charge in [-0.25, -0.2) is 4.98 Å². The molecule has 0 amide bonds. The summed E-state index contributed by atoms with van der Waals surface area (Å²) in [5.74, 6) is 2.50. The van der Waals surface area contributed by atoms with Crippen molar-refractivity contribution >= 4 is 23.0 Å². The van der Waals surface area contributed by atoms with E-state index < -0.39 is 0 Å². The average Bonchev–Trinajstić information content (AvgIpc) is 3.04. The first-order chi connectivity index (χ1) is 14.7. The predicted octanol–water partition coefficient (Wildman–Crippen LogP) is 3.58. The molecule has 7 nitrogen and oxygen atoms in total. The maximum Gasteiger partial charge on any atom is 0.229 e. The van der Waals surface area contributed by atoms with Crippen LogP contribution in [-0.2, 0) is 6.42 Å². The van der Waals surface area contributed by atoms with Gasteiger partial charge >= 0.3 is 0 Å². The van der Waals surface area contributed by atoms with Gasteiger partial charge in [0.05, 0.1) is 6.61 Å². The molecule has 1 aromatic carbocycles. The molecule has 0 unspecified atom stereocenters. The van der Waals surface area contributed by atoms with Crippen LogP contribution < -0.4 is 20.7 Å². The van der Waals surface area contributed by atoms with Crippen LogP contribution in [0.1, 0.15) is 41.6 Å². The lowest BCUT2D eigenvalue weighted by molar-refractivity contribution is 0.287. The van der Waals surface area contributed by atoms with E-state index in [2.05, 4.69) is 45.0 Å². The van der Waals surface area contributed by atoms with E-state index in [0.29, 0.717) is 5.95 Å². The molecule has 3 heterocycles. The summed E-state index contributed by atoms with van der Waals surface area (Å²) in [6.07, 6.45) is 6.63. The van der Waals surface area contributed by atoms with E-state index in [1.54, 1.807) is 0 Å². The maximum absolute atomic E-state index is 7.00. The van der Waals surface area contributed by atoms with E-state index in [-0.39, 0.29) is 0 Å². The van der Waals surface area contributed by atoms with E-state index in [9.17, 15) is 0 Å². The summed E-state index contributed by atoms with van der Waals surface area (Å²) in [5.41, 5.74) is 7.10. The van der Waals surface area contributed by atoms with Crippen LogP contribution in [0, 0.1) is 13.8 Å². The number of hydrogen-bond donors (Lipinski definition) is 4. The van der Waals surface area contributed by atoms with Crippen molar-refractivity contribution in [3.05, 3.63) is 40.6 Å². The number of nitrogens with zero attached hydrogens (tertiary/aromatic N) is 2. The number of aryl methyl sites for hydroxylation is 2. The SMILES string of the molecule is CNc1cc(C)nc(Nc2cc3c(c(C4=CCNCCC4)c2C)OCCC3)n1.CO. The van der Waals surface area contributed by atoms with Crippen molar-refractivity contribution in [1.82, 2.24) is 15.3 Å². The van der Waals surface area contributed by atoms with Gasteiger partial charge < -0.3 is 25.8 Å². The molecule has 7 heteroatoms. The molecule has 4 N–H and O–H groups in total. The topological polar surface area (TPSA) is 91.3 Å². The summed E-state index contributed by atoms with van der Waals surface area (Å²) in [6.45, 7) is 6.92. The number of anilines is 3. The summed E-state index contributed by atoms with van der Waals surface area (Å²) >= 11 is 0. The fourth-order valence-electron chi connectivity index (χ4n) is 4.02. The first kappa shape index (κ1) is 22.1. The van der Waals surface area contributed by atoms with Gasteiger partial charge in [0.25, 0.3) is 0 Å². The molecule has 2 aliphatic heterocycles. The molecule has 0 radical (unpaired) electrons. The molecular weight excluding hydrogens is 378 g/mol. The van der Waals surface area contributed by atoms with Crippen molar-refractivity contribution in [2.24, 2.45) is 0 Å². The van der Waals surface area contributed by atoms with Crippen LogP contribution in [0.4, 0.5) is 17.5 Å². The lowest BCUT2D eigenvalue weighted by Gasteiger charge is -2.25. The quantitative estimate of drug-likeness (QED) is 0.611. The zero-order valence-corrected chi connectivity index (χ0v) is 18.4. The number of allylic oxidation sites excluding steroid dienone is 1. The lowest BCUT2D eigenvalue weighted by Crippen LogP contribution is -2.13. The minimum Gasteiger partial charge on any atom is -0.493 e. The summed E-state index contributed by atoms with van der Waals surface area (Å²) in [6, 6.07) is 4.15. The third-order valence-electron chi connectivity index (χ3n) is 5.42. The number of aromatic nitrogens is 2. The number of nitrogens with one attached hydrogen (secondary N) is 3. The van der Waals surface area contributed by atoms with Crippen LogP contribution in [0.15, 0.2) is 18.2 Å². The zero-order valence-electron chi connectivity index (χ0n) is 18.4. The molecule has 0 bridgehead atoms. The van der Waals surface area contributed by atoms with Gasteiger partial charge in [-0.1, -0.05) is 6.08 Å². The second-order valence-corrected chi connectivity index (χ2v) is 7.49. The molecule has 2 aliphatic rings. The molecule has 30 heavy (non-hydrogen) atoms. The van der Waals surface area contributed by atoms with Crippen LogP contribution in [0.5, 0.6) is 5.75 Å². The van der Waals surface area contributed by atoms with Crippen molar-refractivity contribution in [3.8, 4) is 5.75 Å². The highest BCUT2D eigenvalue weighted by molar-refractivity contribution is 5.81.